The van der Waals surface area contributed by atoms with Gasteiger partial charge < -0.3 is 0 Å². The lowest BCUT2D eigenvalue weighted by Crippen LogP contribution is -2.31. The van der Waals surface area contributed by atoms with Gasteiger partial charge in [-0.15, -0.1) is 0 Å². The molecule has 0 aliphatic carbocycles. The summed E-state index contributed by atoms with van der Waals surface area (Å²) in [5, 5.41) is -0.604. The van der Waals surface area contributed by atoms with E-state index in [2.05, 4.69) is 10.3 Å². The van der Waals surface area contributed by atoms with Crippen molar-refractivity contribution in [2.45, 2.75) is 24.4 Å². The molecule has 0 atom stereocenters. The van der Waals surface area contributed by atoms with E-state index in [0.29, 0.717) is 6.07 Å². The molecule has 0 heterocycles. The summed E-state index contributed by atoms with van der Waals surface area (Å²) in [7, 11) is -4.21. The minimum Gasteiger partial charge on any atom is -0.274 e. The summed E-state index contributed by atoms with van der Waals surface area (Å²) < 4.78 is 64.1. The van der Waals surface area contributed by atoms with Gasteiger partial charge in [-0.3, -0.25) is 9.63 Å². The molecule has 1 aromatic carbocycles. The van der Waals surface area contributed by atoms with Gasteiger partial charge in [0.05, 0.1) is 22.1 Å². The number of halogens is 4. The maximum absolute atomic E-state index is 12.7. The van der Waals surface area contributed by atoms with Gasteiger partial charge in [0.1, 0.15) is 0 Å². The maximum atomic E-state index is 12.7. The molecule has 0 aromatic heterocycles. The van der Waals surface area contributed by atoms with Crippen molar-refractivity contribution in [1.29, 1.82) is 0 Å². The molecule has 0 spiro atoms. The van der Waals surface area contributed by atoms with Crippen LogP contribution in [0.25, 0.3) is 0 Å². The summed E-state index contributed by atoms with van der Waals surface area (Å²) in [5.41, 5.74) is 0.801. The molecule has 0 aliphatic rings. The minimum absolute atomic E-state index is 0.237. The van der Waals surface area contributed by atoms with Crippen molar-refractivity contribution in [2.75, 3.05) is 13.2 Å². The molecule has 1 rings (SSSR count). The van der Waals surface area contributed by atoms with Gasteiger partial charge in [-0.05, 0) is 25.1 Å². The third-order valence-electron chi connectivity index (χ3n) is 2.53. The number of hydrogen-bond donors (Lipinski definition) is 2. The lowest BCUT2D eigenvalue weighted by atomic mass is 10.2. The Bertz CT molecular complexity index is 665. The first-order valence-electron chi connectivity index (χ1n) is 6.35. The van der Waals surface area contributed by atoms with Crippen molar-refractivity contribution in [3.63, 3.8) is 0 Å². The SMILES string of the molecule is CCONC(=O)CCNS(=O)(=O)c1ccc(Cl)c(C(F)(F)F)c1. The molecule has 0 bridgehead atoms. The lowest BCUT2D eigenvalue weighted by Gasteiger charge is -2.12. The molecule has 1 aromatic rings. The van der Waals surface area contributed by atoms with Crippen LogP contribution in [0.1, 0.15) is 18.9 Å². The normalized spacial score (nSPS) is 12.2. The fourth-order valence-electron chi connectivity index (χ4n) is 1.47. The van der Waals surface area contributed by atoms with E-state index in [4.69, 9.17) is 11.6 Å². The molecule has 0 unspecified atom stereocenters. The highest BCUT2D eigenvalue weighted by Gasteiger charge is 2.34. The summed E-state index contributed by atoms with van der Waals surface area (Å²) in [6.45, 7) is 1.58. The lowest BCUT2D eigenvalue weighted by molar-refractivity contribution is -0.137. The van der Waals surface area contributed by atoms with Gasteiger partial charge in [-0.25, -0.2) is 18.6 Å². The van der Waals surface area contributed by atoms with Gasteiger partial charge in [-0.1, -0.05) is 11.6 Å². The van der Waals surface area contributed by atoms with E-state index < -0.39 is 37.6 Å². The van der Waals surface area contributed by atoms with Crippen molar-refractivity contribution in [3.8, 4) is 0 Å². The van der Waals surface area contributed by atoms with E-state index in [1.54, 1.807) is 6.92 Å². The molecule has 0 saturated carbocycles. The molecule has 0 fully saturated rings. The third-order valence-corrected chi connectivity index (χ3v) is 4.32. The predicted molar refractivity (Wildman–Crippen MR) is 76.0 cm³/mol. The number of benzene rings is 1. The Morgan fingerprint density at radius 3 is 2.57 bits per heavy atom. The number of carbonyl (C=O) groups is 1. The van der Waals surface area contributed by atoms with Crippen LogP contribution in [0, 0.1) is 0 Å². The van der Waals surface area contributed by atoms with Gasteiger partial charge in [0, 0.05) is 13.0 Å². The van der Waals surface area contributed by atoms with E-state index in [0.717, 1.165) is 12.1 Å². The van der Waals surface area contributed by atoms with Crippen molar-refractivity contribution < 1.29 is 31.2 Å². The Labute approximate surface area is 136 Å². The number of nitrogens with one attached hydrogen (secondary N) is 2. The summed E-state index contributed by atoms with van der Waals surface area (Å²) in [5.74, 6) is -0.568. The third kappa shape index (κ3) is 5.98. The minimum atomic E-state index is -4.78. The monoisotopic (exact) mass is 374 g/mol. The fourth-order valence-corrected chi connectivity index (χ4v) is 2.76. The largest absolute Gasteiger partial charge is 0.417 e. The van der Waals surface area contributed by atoms with E-state index in [9.17, 15) is 26.4 Å². The van der Waals surface area contributed by atoms with Gasteiger partial charge in [0.15, 0.2) is 0 Å². The van der Waals surface area contributed by atoms with Crippen molar-refractivity contribution in [3.05, 3.63) is 28.8 Å². The zero-order valence-corrected chi connectivity index (χ0v) is 13.5. The van der Waals surface area contributed by atoms with E-state index in [1.807, 2.05) is 4.72 Å². The standard InChI is InChI=1S/C12H14ClF3N2O4S/c1-2-22-18-11(19)5-6-17-23(20,21)8-3-4-10(13)9(7-8)12(14,15)16/h3-4,7,17H,2,5-6H2,1H3,(H,18,19). The Balaban J connectivity index is 2.79. The van der Waals surface area contributed by atoms with Crippen LogP contribution in [0.2, 0.25) is 5.02 Å². The van der Waals surface area contributed by atoms with Crippen LogP contribution in [0.5, 0.6) is 0 Å². The predicted octanol–water partition coefficient (Wildman–Crippen LogP) is 2.09. The topological polar surface area (TPSA) is 84.5 Å². The Morgan fingerprint density at radius 1 is 1.35 bits per heavy atom. The van der Waals surface area contributed by atoms with E-state index in [1.165, 1.54) is 0 Å². The van der Waals surface area contributed by atoms with Gasteiger partial charge >= 0.3 is 6.18 Å². The Morgan fingerprint density at radius 2 is 2.00 bits per heavy atom. The number of rotatable bonds is 7. The molecule has 0 radical (unpaired) electrons. The second kappa shape index (κ2) is 7.95. The second-order valence-electron chi connectivity index (χ2n) is 4.25. The Hall–Kier alpha value is -1.36. The first-order valence-corrected chi connectivity index (χ1v) is 8.21. The van der Waals surface area contributed by atoms with Gasteiger partial charge in [0.25, 0.3) is 0 Å². The molecule has 11 heteroatoms. The zero-order valence-electron chi connectivity index (χ0n) is 11.9. The highest BCUT2D eigenvalue weighted by molar-refractivity contribution is 7.89. The molecular weight excluding hydrogens is 361 g/mol. The number of hydrogen-bond acceptors (Lipinski definition) is 4. The second-order valence-corrected chi connectivity index (χ2v) is 6.42. The molecule has 2 N–H and O–H groups in total. The summed E-state index contributed by atoms with van der Waals surface area (Å²) >= 11 is 5.42. The van der Waals surface area contributed by atoms with Crippen LogP contribution < -0.4 is 10.2 Å². The first kappa shape index (κ1) is 19.7. The van der Waals surface area contributed by atoms with E-state index in [-0.39, 0.29) is 19.6 Å². The number of alkyl halides is 3. The molecule has 0 saturated heterocycles. The van der Waals surface area contributed by atoms with Crippen LogP contribution in [-0.2, 0) is 25.8 Å². The summed E-state index contributed by atoms with van der Waals surface area (Å²) in [4.78, 5) is 15.2. The van der Waals surface area contributed by atoms with Crippen LogP contribution in [-0.4, -0.2) is 27.5 Å². The van der Waals surface area contributed by atoms with Crippen LogP contribution in [0.4, 0.5) is 13.2 Å². The number of sulfonamides is 1. The molecular formula is C12H14ClF3N2O4S. The molecule has 0 aliphatic heterocycles. The van der Waals surface area contributed by atoms with Crippen molar-refractivity contribution in [1.82, 2.24) is 10.2 Å². The van der Waals surface area contributed by atoms with Crippen LogP contribution in [0.15, 0.2) is 23.1 Å². The summed E-state index contributed by atoms with van der Waals surface area (Å²) in [6.07, 6.45) is -5.01. The Kier molecular flexibility index (Phi) is 6.81. The highest BCUT2D eigenvalue weighted by Crippen LogP contribution is 2.35. The smallest absolute Gasteiger partial charge is 0.274 e. The first-order chi connectivity index (χ1) is 10.6. The molecule has 6 nitrogen and oxygen atoms in total. The van der Waals surface area contributed by atoms with Gasteiger partial charge in [0.2, 0.25) is 15.9 Å². The van der Waals surface area contributed by atoms with Gasteiger partial charge in [-0.2, -0.15) is 13.2 Å². The fraction of sp³-hybridized carbons (Fsp3) is 0.417. The number of amides is 1. The quantitative estimate of drug-likeness (QED) is 0.716. The highest BCUT2D eigenvalue weighted by atomic mass is 35.5. The zero-order chi connectivity index (χ0) is 17.7. The number of carbonyl (C=O) groups excluding carboxylic acids is 1. The molecule has 130 valence electrons. The summed E-state index contributed by atoms with van der Waals surface area (Å²) in [6, 6.07) is 2.23. The maximum Gasteiger partial charge on any atom is 0.417 e. The number of hydroxylamine groups is 1. The average molecular weight is 375 g/mol. The van der Waals surface area contributed by atoms with E-state index >= 15 is 0 Å². The van der Waals surface area contributed by atoms with Crippen LogP contribution >= 0.6 is 11.6 Å². The van der Waals surface area contributed by atoms with Crippen LogP contribution in [0.3, 0.4) is 0 Å². The average Bonchev–Trinajstić information content (AvgIpc) is 2.43. The van der Waals surface area contributed by atoms with Crippen molar-refractivity contribution in [2.24, 2.45) is 0 Å². The molecule has 1 amide bonds. The van der Waals surface area contributed by atoms with Crippen molar-refractivity contribution >= 4 is 27.5 Å². The molecule has 23 heavy (non-hydrogen) atoms.